The van der Waals surface area contributed by atoms with Crippen molar-refractivity contribution in [3.05, 3.63) is 69.6 Å². The van der Waals surface area contributed by atoms with Crippen molar-refractivity contribution in [3.63, 3.8) is 0 Å². The molecule has 0 aromatic heterocycles. The fraction of sp³-hybridized carbons (Fsp3) is 0.562. The Morgan fingerprint density at radius 3 is 2.67 bits per heavy atom. The molecule has 2 N–H and O–H groups in total. The molecule has 0 unspecified atom stereocenters. The first-order chi connectivity index (χ1) is 20.2. The number of benzene rings is 2. The van der Waals surface area contributed by atoms with Gasteiger partial charge in [0, 0.05) is 61.8 Å². The number of amides is 2. The average Bonchev–Trinajstić information content (AvgIpc) is 2.96. The first-order valence-electron chi connectivity index (χ1n) is 15.1. The molecule has 1 saturated carbocycles. The number of nitrogens with one attached hydrogen (secondary N) is 2. The van der Waals surface area contributed by atoms with Crippen molar-refractivity contribution in [2.24, 2.45) is 11.0 Å². The summed E-state index contributed by atoms with van der Waals surface area (Å²) >= 11 is 0. The van der Waals surface area contributed by atoms with E-state index in [1.165, 1.54) is 0 Å². The molecular weight excluding hydrogens is 530 g/mol. The fourth-order valence-corrected chi connectivity index (χ4v) is 5.94. The van der Waals surface area contributed by atoms with Crippen molar-refractivity contribution in [2.45, 2.75) is 84.2 Å². The third-order valence-electron chi connectivity index (χ3n) is 8.10. The number of anilines is 1. The molecule has 0 bridgehead atoms. The lowest BCUT2D eigenvalue weighted by Crippen LogP contribution is -2.48. The van der Waals surface area contributed by atoms with Crippen LogP contribution in [0.4, 0.5) is 5.69 Å². The predicted octanol–water partition coefficient (Wildman–Crippen LogP) is 4.96. The van der Waals surface area contributed by atoms with Gasteiger partial charge in [0.15, 0.2) is 0 Å². The van der Waals surface area contributed by atoms with Gasteiger partial charge in [0.1, 0.15) is 5.75 Å². The van der Waals surface area contributed by atoms with Gasteiger partial charge in [0.25, 0.3) is 0 Å². The smallest absolute Gasteiger partial charge is 0.229 e. The molecule has 1 saturated heterocycles. The number of ether oxygens (including phenoxy) is 1. The van der Waals surface area contributed by atoms with Crippen LogP contribution in [0.5, 0.6) is 5.75 Å². The van der Waals surface area contributed by atoms with Gasteiger partial charge in [0.05, 0.1) is 19.1 Å². The molecule has 2 aromatic rings. The van der Waals surface area contributed by atoms with E-state index in [0.29, 0.717) is 12.5 Å². The molecular formula is C32H45N7O3. The van der Waals surface area contributed by atoms with E-state index in [0.717, 1.165) is 80.0 Å². The maximum absolute atomic E-state index is 13.5. The lowest BCUT2D eigenvalue weighted by Gasteiger charge is -2.33. The number of rotatable bonds is 11. The number of hydrogen-bond donors (Lipinski definition) is 2. The zero-order valence-electron chi connectivity index (χ0n) is 25.4. The van der Waals surface area contributed by atoms with Gasteiger partial charge < -0.3 is 20.3 Å². The zero-order valence-corrected chi connectivity index (χ0v) is 25.4. The van der Waals surface area contributed by atoms with Gasteiger partial charge in [-0.25, -0.2) is 0 Å². The molecule has 1 atom stereocenters. The number of carbonyl (C=O) groups is 2. The number of piperazine rings is 1. The van der Waals surface area contributed by atoms with Gasteiger partial charge in [-0.3, -0.25) is 14.5 Å². The Morgan fingerprint density at radius 2 is 1.95 bits per heavy atom. The summed E-state index contributed by atoms with van der Waals surface area (Å²) in [5, 5.41) is 10.2. The Balaban J connectivity index is 1.33. The summed E-state index contributed by atoms with van der Waals surface area (Å²) in [6, 6.07) is 14.3. The fourth-order valence-electron chi connectivity index (χ4n) is 5.94. The largest absolute Gasteiger partial charge is 0.490 e. The SMILES string of the molecule is CC(C)NC(=O)Cc1cccc(OC2CCC(C(=O)N(C)c3ccc(CN4CCN[C@@H](C)C4)c(CN=[N+]=[N-])c3)CC2)c1. The van der Waals surface area contributed by atoms with Crippen LogP contribution in [0.15, 0.2) is 47.6 Å². The molecule has 10 nitrogen and oxygen atoms in total. The highest BCUT2D eigenvalue weighted by atomic mass is 16.5. The van der Waals surface area contributed by atoms with Crippen molar-refractivity contribution in [3.8, 4) is 5.75 Å². The van der Waals surface area contributed by atoms with E-state index in [-0.39, 0.29) is 36.4 Å². The minimum atomic E-state index is -0.0662. The highest BCUT2D eigenvalue weighted by Crippen LogP contribution is 2.31. The van der Waals surface area contributed by atoms with Gasteiger partial charge in [-0.15, -0.1) is 0 Å². The average molecular weight is 576 g/mol. The summed E-state index contributed by atoms with van der Waals surface area (Å²) in [6.45, 7) is 10.0. The molecule has 1 aliphatic carbocycles. The van der Waals surface area contributed by atoms with Gasteiger partial charge in [-0.2, -0.15) is 0 Å². The van der Waals surface area contributed by atoms with Crippen LogP contribution in [-0.4, -0.2) is 61.6 Å². The maximum atomic E-state index is 13.5. The Labute approximate surface area is 249 Å². The number of carbonyl (C=O) groups excluding carboxylic acids is 2. The summed E-state index contributed by atoms with van der Waals surface area (Å²) in [6.07, 6.45) is 3.48. The maximum Gasteiger partial charge on any atom is 0.229 e. The molecule has 2 aromatic carbocycles. The van der Waals surface area contributed by atoms with Crippen LogP contribution in [0.25, 0.3) is 10.4 Å². The van der Waals surface area contributed by atoms with E-state index in [2.05, 4.69) is 38.5 Å². The van der Waals surface area contributed by atoms with Gasteiger partial charge in [0.2, 0.25) is 11.8 Å². The second-order valence-corrected chi connectivity index (χ2v) is 12.0. The minimum absolute atomic E-state index is 0.000901. The third-order valence-corrected chi connectivity index (χ3v) is 8.10. The molecule has 2 aliphatic rings. The second-order valence-electron chi connectivity index (χ2n) is 12.0. The summed E-state index contributed by atoms with van der Waals surface area (Å²) in [5.74, 6) is 0.798. The number of azide groups is 1. The first kappa shape index (κ1) is 31.3. The lowest BCUT2D eigenvalue weighted by molar-refractivity contribution is -0.123. The van der Waals surface area contributed by atoms with E-state index in [1.54, 1.807) is 4.90 Å². The minimum Gasteiger partial charge on any atom is -0.490 e. The predicted molar refractivity (Wildman–Crippen MR) is 165 cm³/mol. The number of nitrogens with zero attached hydrogens (tertiary/aromatic N) is 5. The second kappa shape index (κ2) is 15.0. The molecule has 2 amide bonds. The monoisotopic (exact) mass is 575 g/mol. The highest BCUT2D eigenvalue weighted by Gasteiger charge is 2.30. The molecule has 2 fully saturated rings. The Morgan fingerprint density at radius 1 is 1.17 bits per heavy atom. The lowest BCUT2D eigenvalue weighted by atomic mass is 9.86. The molecule has 4 rings (SSSR count). The molecule has 10 heteroatoms. The van der Waals surface area contributed by atoms with Crippen LogP contribution in [-0.2, 0) is 29.1 Å². The van der Waals surface area contributed by atoms with Crippen LogP contribution >= 0.6 is 0 Å². The summed E-state index contributed by atoms with van der Waals surface area (Å²) in [7, 11) is 1.83. The summed E-state index contributed by atoms with van der Waals surface area (Å²) < 4.78 is 6.26. The summed E-state index contributed by atoms with van der Waals surface area (Å²) in [4.78, 5) is 32.8. The van der Waals surface area contributed by atoms with Gasteiger partial charge in [-0.1, -0.05) is 23.3 Å². The molecule has 42 heavy (non-hydrogen) atoms. The third kappa shape index (κ3) is 8.95. The molecule has 226 valence electrons. The quantitative estimate of drug-likeness (QED) is 0.223. The molecule has 1 aliphatic heterocycles. The molecule has 0 spiro atoms. The van der Waals surface area contributed by atoms with E-state index in [1.807, 2.05) is 57.3 Å². The van der Waals surface area contributed by atoms with Crippen LogP contribution < -0.4 is 20.3 Å². The van der Waals surface area contributed by atoms with Crippen molar-refractivity contribution in [2.75, 3.05) is 31.6 Å². The normalized spacial score (nSPS) is 20.9. The Hall–Kier alpha value is -3.59. The van der Waals surface area contributed by atoms with Crippen LogP contribution in [0.3, 0.4) is 0 Å². The van der Waals surface area contributed by atoms with Crippen LogP contribution in [0.2, 0.25) is 0 Å². The van der Waals surface area contributed by atoms with E-state index >= 15 is 0 Å². The van der Waals surface area contributed by atoms with Crippen molar-refractivity contribution < 1.29 is 14.3 Å². The Kier molecular flexibility index (Phi) is 11.2. The van der Waals surface area contributed by atoms with Crippen molar-refractivity contribution in [1.29, 1.82) is 0 Å². The van der Waals surface area contributed by atoms with Gasteiger partial charge in [-0.05, 0) is 92.9 Å². The Bertz CT molecular complexity index is 1270. The van der Waals surface area contributed by atoms with E-state index in [4.69, 9.17) is 10.3 Å². The van der Waals surface area contributed by atoms with Crippen molar-refractivity contribution >= 4 is 17.5 Å². The molecule has 1 heterocycles. The first-order valence-corrected chi connectivity index (χ1v) is 15.1. The molecule has 0 radical (unpaired) electrons. The highest BCUT2D eigenvalue weighted by molar-refractivity contribution is 5.94. The number of hydrogen-bond acceptors (Lipinski definition) is 6. The van der Waals surface area contributed by atoms with Crippen LogP contribution in [0.1, 0.15) is 63.1 Å². The topological polar surface area (TPSA) is 123 Å². The summed E-state index contributed by atoms with van der Waals surface area (Å²) in [5.41, 5.74) is 12.8. The van der Waals surface area contributed by atoms with E-state index in [9.17, 15) is 9.59 Å². The van der Waals surface area contributed by atoms with Crippen molar-refractivity contribution in [1.82, 2.24) is 15.5 Å². The standard InChI is InChI=1S/C32H45N7O3/c1-22(2)36-31(40)17-24-6-5-7-30(16-24)42-29-12-9-25(10-13-29)32(41)38(4)28-11-8-26(27(18-28)19-35-37-33)21-39-15-14-34-23(3)20-39/h5-8,11,16,18,22-23,25,29,34H,9-10,12-15,17,19-21H2,1-4H3,(H,36,40)/t23-,25?,29?/m0/s1. The van der Waals surface area contributed by atoms with E-state index < -0.39 is 0 Å². The zero-order chi connectivity index (χ0) is 30.1. The van der Waals surface area contributed by atoms with Crippen LogP contribution in [0, 0.1) is 5.92 Å². The van der Waals surface area contributed by atoms with Gasteiger partial charge >= 0.3 is 0 Å².